The van der Waals surface area contributed by atoms with Crippen LogP contribution in [0.25, 0.3) is 0 Å². The Hall–Kier alpha value is -2.58. The maximum absolute atomic E-state index is 13.2. The molecule has 0 aromatic carbocycles. The summed E-state index contributed by atoms with van der Waals surface area (Å²) >= 11 is 0. The van der Waals surface area contributed by atoms with E-state index in [1.165, 1.54) is 6.20 Å². The SMILES string of the molecule is CC(C)COc1ccc(C(=O)NCc2nc(C3CCC(F)(F)CC3)no2)cn1. The Morgan fingerprint density at radius 1 is 1.36 bits per heavy atom. The summed E-state index contributed by atoms with van der Waals surface area (Å²) in [6.07, 6.45) is 1.77. The first-order valence-electron chi connectivity index (χ1n) is 9.40. The normalized spacial score (nSPS) is 16.9. The standard InChI is InChI=1S/C19H24F2N4O3/c1-12(2)11-27-15-4-3-14(9-22-15)18(26)23-10-16-24-17(25-28-16)13-5-7-19(20,21)8-6-13/h3-4,9,12-13H,5-8,10-11H2,1-2H3,(H,23,26). The molecule has 0 saturated heterocycles. The molecule has 1 fully saturated rings. The fraction of sp³-hybridized carbons (Fsp3) is 0.579. The number of hydrogen-bond acceptors (Lipinski definition) is 6. The third kappa shape index (κ3) is 5.46. The highest BCUT2D eigenvalue weighted by molar-refractivity contribution is 5.93. The van der Waals surface area contributed by atoms with E-state index < -0.39 is 5.92 Å². The van der Waals surface area contributed by atoms with Crippen molar-refractivity contribution in [2.24, 2.45) is 5.92 Å². The lowest BCUT2D eigenvalue weighted by atomic mass is 9.86. The van der Waals surface area contributed by atoms with Crippen LogP contribution in [-0.2, 0) is 6.54 Å². The van der Waals surface area contributed by atoms with Gasteiger partial charge in [0.2, 0.25) is 17.7 Å². The van der Waals surface area contributed by atoms with Crippen LogP contribution in [0.2, 0.25) is 0 Å². The number of nitrogens with one attached hydrogen (secondary N) is 1. The van der Waals surface area contributed by atoms with Gasteiger partial charge in [-0.05, 0) is 24.8 Å². The number of halogens is 2. The van der Waals surface area contributed by atoms with Gasteiger partial charge in [0.25, 0.3) is 5.91 Å². The number of carbonyl (C=O) groups is 1. The van der Waals surface area contributed by atoms with Gasteiger partial charge in [0, 0.05) is 31.0 Å². The quantitative estimate of drug-likeness (QED) is 0.770. The van der Waals surface area contributed by atoms with Gasteiger partial charge in [-0.3, -0.25) is 4.79 Å². The molecule has 0 bridgehead atoms. The molecule has 152 valence electrons. The topological polar surface area (TPSA) is 90.1 Å². The number of rotatable bonds is 7. The molecule has 0 atom stereocenters. The molecule has 2 heterocycles. The summed E-state index contributed by atoms with van der Waals surface area (Å²) in [7, 11) is 0. The van der Waals surface area contributed by atoms with Crippen LogP contribution in [0.4, 0.5) is 8.78 Å². The molecule has 2 aromatic heterocycles. The van der Waals surface area contributed by atoms with Crippen LogP contribution in [0.5, 0.6) is 5.88 Å². The minimum Gasteiger partial charge on any atom is -0.477 e. The molecule has 1 aliphatic rings. The van der Waals surface area contributed by atoms with Crippen molar-refractivity contribution in [1.29, 1.82) is 0 Å². The molecule has 28 heavy (non-hydrogen) atoms. The Morgan fingerprint density at radius 3 is 2.75 bits per heavy atom. The number of nitrogens with zero attached hydrogens (tertiary/aromatic N) is 3. The van der Waals surface area contributed by atoms with E-state index in [4.69, 9.17) is 9.26 Å². The molecule has 1 N–H and O–H groups in total. The molecule has 1 saturated carbocycles. The van der Waals surface area contributed by atoms with Crippen LogP contribution in [0.3, 0.4) is 0 Å². The van der Waals surface area contributed by atoms with Crippen molar-refractivity contribution < 1.29 is 22.8 Å². The number of pyridine rings is 1. The Kier molecular flexibility index (Phi) is 6.21. The van der Waals surface area contributed by atoms with Gasteiger partial charge in [-0.1, -0.05) is 19.0 Å². The van der Waals surface area contributed by atoms with E-state index in [9.17, 15) is 13.6 Å². The summed E-state index contributed by atoms with van der Waals surface area (Å²) in [6.45, 7) is 4.68. The summed E-state index contributed by atoms with van der Waals surface area (Å²) in [6, 6.07) is 3.26. The molecule has 0 spiro atoms. The number of amides is 1. The van der Waals surface area contributed by atoms with E-state index in [0.29, 0.717) is 42.6 Å². The van der Waals surface area contributed by atoms with E-state index in [-0.39, 0.29) is 37.1 Å². The molecular formula is C19H24F2N4O3. The Morgan fingerprint density at radius 2 is 2.11 bits per heavy atom. The first-order valence-corrected chi connectivity index (χ1v) is 9.40. The summed E-state index contributed by atoms with van der Waals surface area (Å²) in [5, 5.41) is 6.55. The molecule has 7 nitrogen and oxygen atoms in total. The third-order valence-corrected chi connectivity index (χ3v) is 4.53. The number of carbonyl (C=O) groups excluding carboxylic acids is 1. The highest BCUT2D eigenvalue weighted by Crippen LogP contribution is 2.39. The monoisotopic (exact) mass is 394 g/mol. The second kappa shape index (κ2) is 8.62. The van der Waals surface area contributed by atoms with Crippen LogP contribution in [0, 0.1) is 5.92 Å². The van der Waals surface area contributed by atoms with Crippen LogP contribution in [0.15, 0.2) is 22.9 Å². The van der Waals surface area contributed by atoms with Crippen molar-refractivity contribution in [3.05, 3.63) is 35.6 Å². The molecule has 1 amide bonds. The molecule has 2 aromatic rings. The van der Waals surface area contributed by atoms with Gasteiger partial charge >= 0.3 is 0 Å². The first kappa shape index (κ1) is 20.2. The molecule has 3 rings (SSSR count). The number of alkyl halides is 2. The van der Waals surface area contributed by atoms with Gasteiger partial charge in [-0.2, -0.15) is 4.98 Å². The number of ether oxygens (including phenoxy) is 1. The second-order valence-corrected chi connectivity index (χ2v) is 7.45. The van der Waals surface area contributed by atoms with Gasteiger partial charge in [-0.15, -0.1) is 0 Å². The molecule has 0 unspecified atom stereocenters. The van der Waals surface area contributed by atoms with Crippen LogP contribution in [0.1, 0.15) is 67.5 Å². The number of aromatic nitrogens is 3. The molecule has 1 aliphatic carbocycles. The summed E-state index contributed by atoms with van der Waals surface area (Å²) in [4.78, 5) is 20.5. The Labute approximate surface area is 161 Å². The lowest BCUT2D eigenvalue weighted by molar-refractivity contribution is -0.0389. The zero-order chi connectivity index (χ0) is 20.1. The third-order valence-electron chi connectivity index (χ3n) is 4.53. The van der Waals surface area contributed by atoms with Crippen molar-refractivity contribution >= 4 is 5.91 Å². The van der Waals surface area contributed by atoms with Crippen molar-refractivity contribution in [2.45, 2.75) is 57.9 Å². The fourth-order valence-electron chi connectivity index (χ4n) is 2.91. The highest BCUT2D eigenvalue weighted by atomic mass is 19.3. The smallest absolute Gasteiger partial charge is 0.253 e. The predicted octanol–water partition coefficient (Wildman–Crippen LogP) is 3.72. The van der Waals surface area contributed by atoms with Crippen LogP contribution >= 0.6 is 0 Å². The molecule has 9 heteroatoms. The zero-order valence-corrected chi connectivity index (χ0v) is 16.0. The van der Waals surface area contributed by atoms with Crippen LogP contribution < -0.4 is 10.1 Å². The van der Waals surface area contributed by atoms with Gasteiger partial charge < -0.3 is 14.6 Å². The van der Waals surface area contributed by atoms with Crippen molar-refractivity contribution in [3.63, 3.8) is 0 Å². The highest BCUT2D eigenvalue weighted by Gasteiger charge is 2.36. The van der Waals surface area contributed by atoms with Gasteiger partial charge in [0.05, 0.1) is 18.7 Å². The minimum absolute atomic E-state index is 0.0559. The van der Waals surface area contributed by atoms with Crippen molar-refractivity contribution in [3.8, 4) is 5.88 Å². The maximum atomic E-state index is 13.2. The fourth-order valence-corrected chi connectivity index (χ4v) is 2.91. The van der Waals surface area contributed by atoms with Gasteiger partial charge in [-0.25, -0.2) is 13.8 Å². The summed E-state index contributed by atoms with van der Waals surface area (Å²) < 4.78 is 37.1. The van der Waals surface area contributed by atoms with E-state index in [1.54, 1.807) is 12.1 Å². The number of hydrogen-bond donors (Lipinski definition) is 1. The molecule has 0 radical (unpaired) electrons. The van der Waals surface area contributed by atoms with E-state index in [0.717, 1.165) is 0 Å². The summed E-state index contributed by atoms with van der Waals surface area (Å²) in [5.74, 6) is -1.55. The largest absolute Gasteiger partial charge is 0.477 e. The van der Waals surface area contributed by atoms with E-state index in [1.807, 2.05) is 13.8 Å². The summed E-state index contributed by atoms with van der Waals surface area (Å²) in [5.41, 5.74) is 0.381. The lowest BCUT2D eigenvalue weighted by Crippen LogP contribution is -2.24. The Balaban J connectivity index is 1.49. The Bertz CT molecular complexity index is 783. The average molecular weight is 394 g/mol. The van der Waals surface area contributed by atoms with Gasteiger partial charge in [0.15, 0.2) is 5.82 Å². The van der Waals surface area contributed by atoms with Crippen molar-refractivity contribution in [2.75, 3.05) is 6.61 Å². The minimum atomic E-state index is -2.60. The van der Waals surface area contributed by atoms with E-state index in [2.05, 4.69) is 20.4 Å². The van der Waals surface area contributed by atoms with Gasteiger partial charge in [0.1, 0.15) is 0 Å². The zero-order valence-electron chi connectivity index (χ0n) is 16.0. The average Bonchev–Trinajstić information content (AvgIpc) is 3.14. The maximum Gasteiger partial charge on any atom is 0.253 e. The molecule has 0 aliphatic heterocycles. The lowest BCUT2D eigenvalue weighted by Gasteiger charge is -2.26. The second-order valence-electron chi connectivity index (χ2n) is 7.45. The van der Waals surface area contributed by atoms with E-state index >= 15 is 0 Å². The predicted molar refractivity (Wildman–Crippen MR) is 96.2 cm³/mol. The van der Waals surface area contributed by atoms with Crippen LogP contribution in [-0.4, -0.2) is 33.6 Å². The molecular weight excluding hydrogens is 370 g/mol. The van der Waals surface area contributed by atoms with Crippen molar-refractivity contribution in [1.82, 2.24) is 20.4 Å². The first-order chi connectivity index (χ1) is 13.3.